The molecule has 143 valence electrons. The molecule has 27 heavy (non-hydrogen) atoms. The number of carbonyl (C=O) groups is 1. The van der Waals surface area contributed by atoms with Gasteiger partial charge in [-0.3, -0.25) is 4.79 Å². The van der Waals surface area contributed by atoms with Gasteiger partial charge in [-0.2, -0.15) is 0 Å². The molecule has 1 radical (unpaired) electrons. The normalized spacial score (nSPS) is 12.9. The molecule has 0 heterocycles. The first kappa shape index (κ1) is 24.3. The van der Waals surface area contributed by atoms with Crippen LogP contribution in [0.5, 0.6) is 0 Å². The van der Waals surface area contributed by atoms with Crippen molar-refractivity contribution >= 4 is 5.91 Å². The molecule has 1 amide bonds. The third-order valence-corrected chi connectivity index (χ3v) is 4.26. The van der Waals surface area contributed by atoms with E-state index in [1.54, 1.807) is 12.1 Å². The van der Waals surface area contributed by atoms with E-state index in [1.807, 2.05) is 48.5 Å². The molecule has 0 saturated heterocycles. The summed E-state index contributed by atoms with van der Waals surface area (Å²) in [6.45, 7) is 5.41. The smallest absolute Gasteiger partial charge is 0.251 e. The van der Waals surface area contributed by atoms with Crippen molar-refractivity contribution in [2.24, 2.45) is 5.92 Å². The Hall–Kier alpha value is -0.728. The van der Waals surface area contributed by atoms with Crippen molar-refractivity contribution in [1.29, 1.82) is 0 Å². The van der Waals surface area contributed by atoms with Gasteiger partial charge in [-0.1, -0.05) is 67.9 Å². The third-order valence-electron chi connectivity index (χ3n) is 4.26. The van der Waals surface area contributed by atoms with Gasteiger partial charge in [-0.15, -0.1) is 13.1 Å². The SMILES string of the molecule is CC(C)CC(NC(=O)c1ccccc1)C(O)CC[N-]Cc1ccccc1.[Ac]. The second-order valence-electron chi connectivity index (χ2n) is 7.02. The summed E-state index contributed by atoms with van der Waals surface area (Å²) in [5, 5.41) is 18.1. The fourth-order valence-electron chi connectivity index (χ4n) is 2.88. The Morgan fingerprint density at radius 1 is 1.04 bits per heavy atom. The summed E-state index contributed by atoms with van der Waals surface area (Å²) in [4.78, 5) is 12.4. The van der Waals surface area contributed by atoms with Gasteiger partial charge in [0.05, 0.1) is 12.1 Å². The zero-order chi connectivity index (χ0) is 18.8. The van der Waals surface area contributed by atoms with Gasteiger partial charge < -0.3 is 15.7 Å². The summed E-state index contributed by atoms with van der Waals surface area (Å²) in [5.74, 6) is 0.239. The molecule has 2 unspecified atom stereocenters. The van der Waals surface area contributed by atoms with Crippen LogP contribution in [0.4, 0.5) is 0 Å². The van der Waals surface area contributed by atoms with Crippen LogP contribution in [0, 0.1) is 50.0 Å². The molecule has 0 aliphatic carbocycles. The molecular weight excluding hydrogens is 551 g/mol. The molecule has 2 rings (SSSR count). The number of aliphatic hydroxyl groups is 1. The molecule has 2 N–H and O–H groups in total. The van der Waals surface area contributed by atoms with E-state index in [0.717, 1.165) is 12.0 Å². The van der Waals surface area contributed by atoms with E-state index in [1.165, 1.54) is 0 Å². The number of nitrogens with one attached hydrogen (secondary N) is 1. The minimum atomic E-state index is -0.607. The van der Waals surface area contributed by atoms with Gasteiger partial charge in [0.1, 0.15) is 0 Å². The number of benzene rings is 2. The van der Waals surface area contributed by atoms with Gasteiger partial charge in [-0.05, 0) is 30.9 Å². The molecule has 0 aliphatic heterocycles. The number of nitrogens with zero attached hydrogens (tertiary/aromatic N) is 1. The number of hydrogen-bond acceptors (Lipinski definition) is 2. The first-order valence-electron chi connectivity index (χ1n) is 9.27. The van der Waals surface area contributed by atoms with Crippen LogP contribution in [0.3, 0.4) is 0 Å². The van der Waals surface area contributed by atoms with Crippen LogP contribution in [-0.4, -0.2) is 29.7 Å². The zero-order valence-corrected chi connectivity index (χ0v) is 21.0. The van der Waals surface area contributed by atoms with Gasteiger partial charge in [0, 0.05) is 49.6 Å². The van der Waals surface area contributed by atoms with E-state index in [9.17, 15) is 9.90 Å². The molecule has 0 bridgehead atoms. The minimum Gasteiger partial charge on any atom is -0.658 e. The van der Waals surface area contributed by atoms with Crippen molar-refractivity contribution in [2.75, 3.05) is 6.54 Å². The minimum absolute atomic E-state index is 0. The Morgan fingerprint density at radius 3 is 2.22 bits per heavy atom. The second-order valence-corrected chi connectivity index (χ2v) is 7.02. The molecule has 0 aliphatic rings. The van der Waals surface area contributed by atoms with E-state index in [2.05, 4.69) is 24.5 Å². The number of hydrogen-bond donors (Lipinski definition) is 2. The number of carbonyl (C=O) groups excluding carboxylic acids is 1. The average molecular weight is 580 g/mol. The van der Waals surface area contributed by atoms with Gasteiger partial charge >= 0.3 is 0 Å². The Kier molecular flexibility index (Phi) is 12.1. The van der Waals surface area contributed by atoms with E-state index in [-0.39, 0.29) is 56.0 Å². The van der Waals surface area contributed by atoms with E-state index in [0.29, 0.717) is 31.0 Å². The summed E-state index contributed by atoms with van der Waals surface area (Å²) in [7, 11) is 0. The largest absolute Gasteiger partial charge is 0.658 e. The summed E-state index contributed by atoms with van der Waals surface area (Å²) in [6, 6.07) is 18.9. The molecule has 0 saturated carbocycles. The van der Waals surface area contributed by atoms with Crippen LogP contribution < -0.4 is 5.32 Å². The second kappa shape index (κ2) is 13.4. The zero-order valence-electron chi connectivity index (χ0n) is 16.2. The Morgan fingerprint density at radius 2 is 1.63 bits per heavy atom. The summed E-state index contributed by atoms with van der Waals surface area (Å²) >= 11 is 0. The fourth-order valence-corrected chi connectivity index (χ4v) is 2.88. The summed E-state index contributed by atoms with van der Waals surface area (Å²) in [6.07, 6.45) is 0.669. The maximum absolute atomic E-state index is 12.4. The molecule has 0 fully saturated rings. The van der Waals surface area contributed by atoms with Crippen LogP contribution in [0.2, 0.25) is 0 Å². The van der Waals surface area contributed by atoms with Crippen molar-refractivity contribution in [3.8, 4) is 0 Å². The van der Waals surface area contributed by atoms with Gasteiger partial charge in [-0.25, -0.2) is 0 Å². The average Bonchev–Trinajstić information content (AvgIpc) is 2.65. The van der Waals surface area contributed by atoms with Crippen molar-refractivity contribution in [2.45, 2.75) is 45.4 Å². The van der Waals surface area contributed by atoms with Crippen molar-refractivity contribution in [3.05, 3.63) is 77.1 Å². The molecule has 2 atom stereocenters. The Balaban J connectivity index is 0.00000364. The van der Waals surface area contributed by atoms with E-state index in [4.69, 9.17) is 0 Å². The maximum Gasteiger partial charge on any atom is 0.251 e. The van der Waals surface area contributed by atoms with Crippen LogP contribution in [0.15, 0.2) is 60.7 Å². The molecule has 2 aromatic carbocycles. The van der Waals surface area contributed by atoms with Crippen molar-refractivity contribution < 1.29 is 54.0 Å². The topological polar surface area (TPSA) is 63.4 Å². The number of aliphatic hydroxyl groups excluding tert-OH is 1. The molecule has 0 spiro atoms. The van der Waals surface area contributed by atoms with Crippen LogP contribution >= 0.6 is 0 Å². The van der Waals surface area contributed by atoms with Crippen LogP contribution in [0.1, 0.15) is 42.6 Å². The predicted octanol–water partition coefficient (Wildman–Crippen LogP) is 4.16. The van der Waals surface area contributed by atoms with Crippen LogP contribution in [-0.2, 0) is 6.54 Å². The number of amides is 1. The molecular formula is C22H29AcN2O2-. The van der Waals surface area contributed by atoms with E-state index < -0.39 is 6.10 Å². The van der Waals surface area contributed by atoms with Gasteiger partial charge in [0.15, 0.2) is 0 Å². The van der Waals surface area contributed by atoms with Crippen molar-refractivity contribution in [1.82, 2.24) is 5.32 Å². The molecule has 5 heteroatoms. The summed E-state index contributed by atoms with van der Waals surface area (Å²) in [5.41, 5.74) is 1.78. The number of rotatable bonds is 10. The van der Waals surface area contributed by atoms with Gasteiger partial charge in [0.25, 0.3) is 5.91 Å². The van der Waals surface area contributed by atoms with Crippen LogP contribution in [0.25, 0.3) is 5.32 Å². The standard InChI is InChI=1S/C22H29N2O2.Ac/c1-17(2)15-20(24-22(26)19-11-7-4-8-12-19)21(25)13-14-23-16-18-9-5-3-6-10-18;/h3-12,17,20-21,25H,13-16H2,1-2H3,(H,24,26);/q-1;. The quantitative estimate of drug-likeness (QED) is 0.415. The fraction of sp³-hybridized carbons (Fsp3) is 0.409. The van der Waals surface area contributed by atoms with E-state index >= 15 is 0 Å². The molecule has 2 aromatic rings. The molecule has 0 aromatic heterocycles. The summed E-state index contributed by atoms with van der Waals surface area (Å²) < 4.78 is 0. The monoisotopic (exact) mass is 580 g/mol. The maximum atomic E-state index is 12.4. The first-order valence-corrected chi connectivity index (χ1v) is 9.27. The van der Waals surface area contributed by atoms with Gasteiger partial charge in [0.2, 0.25) is 0 Å². The van der Waals surface area contributed by atoms with Crippen molar-refractivity contribution in [3.63, 3.8) is 0 Å². The first-order chi connectivity index (χ1) is 12.6. The predicted molar refractivity (Wildman–Crippen MR) is 106 cm³/mol. The third kappa shape index (κ3) is 9.34. The molecule has 4 nitrogen and oxygen atoms in total. The Labute approximate surface area is 198 Å². The Bertz CT molecular complexity index is 650.